The summed E-state index contributed by atoms with van der Waals surface area (Å²) in [5.74, 6) is 0.735. The maximum absolute atomic E-state index is 9.55. The minimum absolute atomic E-state index is 0.117. The van der Waals surface area contributed by atoms with Crippen molar-refractivity contribution >= 4 is 23.8 Å². The molecule has 1 N–H and O–H groups in total. The van der Waals surface area contributed by atoms with Crippen molar-refractivity contribution in [2.24, 2.45) is 11.8 Å². The van der Waals surface area contributed by atoms with Crippen molar-refractivity contribution in [2.45, 2.75) is 31.6 Å². The van der Waals surface area contributed by atoms with Crippen molar-refractivity contribution in [1.29, 1.82) is 0 Å². The second kappa shape index (κ2) is 5.29. The van der Waals surface area contributed by atoms with Gasteiger partial charge in [-0.1, -0.05) is 31.7 Å². The molecule has 0 aliphatic carbocycles. The van der Waals surface area contributed by atoms with Gasteiger partial charge in [0, 0.05) is 12.0 Å². The molecule has 1 saturated heterocycles. The Morgan fingerprint density at radius 1 is 1.38 bits per heavy atom. The zero-order valence-electron chi connectivity index (χ0n) is 8.14. The van der Waals surface area contributed by atoms with Crippen LogP contribution in [-0.4, -0.2) is 16.0 Å². The standard InChI is InChI=1S/C9H16O2S2/c1-4-5-12-11-9-7(3)6(2)8(10)13-9/h4-10H,1-3H3/b5-4+/t6?,7?,8-,9+/m1/s1. The van der Waals surface area contributed by atoms with Gasteiger partial charge >= 0.3 is 0 Å². The van der Waals surface area contributed by atoms with Gasteiger partial charge in [0.25, 0.3) is 0 Å². The van der Waals surface area contributed by atoms with Crippen molar-refractivity contribution in [3.8, 4) is 0 Å². The van der Waals surface area contributed by atoms with Crippen LogP contribution in [0.2, 0.25) is 0 Å². The lowest BCUT2D eigenvalue weighted by Crippen LogP contribution is -2.16. The number of hydrogen-bond acceptors (Lipinski definition) is 4. The molecule has 13 heavy (non-hydrogen) atoms. The van der Waals surface area contributed by atoms with E-state index in [-0.39, 0.29) is 10.9 Å². The van der Waals surface area contributed by atoms with Crippen molar-refractivity contribution in [2.75, 3.05) is 0 Å². The van der Waals surface area contributed by atoms with Gasteiger partial charge in [0.1, 0.15) is 10.9 Å². The van der Waals surface area contributed by atoms with Gasteiger partial charge in [-0.15, -0.1) is 0 Å². The number of aliphatic hydroxyl groups is 1. The normalized spacial score (nSPS) is 40.3. The number of allylic oxidation sites excluding steroid dienone is 1. The summed E-state index contributed by atoms with van der Waals surface area (Å²) < 4.78 is 5.53. The Morgan fingerprint density at radius 2 is 2.08 bits per heavy atom. The molecule has 0 aromatic carbocycles. The fraction of sp³-hybridized carbons (Fsp3) is 0.778. The Morgan fingerprint density at radius 3 is 2.54 bits per heavy atom. The van der Waals surface area contributed by atoms with Crippen molar-refractivity contribution < 1.29 is 9.29 Å². The molecule has 2 unspecified atom stereocenters. The van der Waals surface area contributed by atoms with E-state index in [1.807, 2.05) is 18.4 Å². The number of hydrogen-bond donors (Lipinski definition) is 1. The molecule has 0 aromatic rings. The van der Waals surface area contributed by atoms with Gasteiger partial charge in [0.05, 0.1) is 0 Å². The van der Waals surface area contributed by atoms with E-state index < -0.39 is 0 Å². The first kappa shape index (κ1) is 11.4. The molecular formula is C9H16O2S2. The van der Waals surface area contributed by atoms with E-state index in [0.717, 1.165) is 0 Å². The van der Waals surface area contributed by atoms with Crippen LogP contribution in [0, 0.1) is 11.8 Å². The minimum Gasteiger partial charge on any atom is -0.382 e. The predicted molar refractivity (Wildman–Crippen MR) is 59.2 cm³/mol. The average molecular weight is 220 g/mol. The third kappa shape index (κ3) is 2.91. The lowest BCUT2D eigenvalue weighted by atomic mass is 9.98. The van der Waals surface area contributed by atoms with Crippen LogP contribution in [0.3, 0.4) is 0 Å². The average Bonchev–Trinajstić information content (AvgIpc) is 2.34. The van der Waals surface area contributed by atoms with E-state index in [9.17, 15) is 5.11 Å². The molecule has 1 aliphatic rings. The molecule has 0 bridgehead atoms. The van der Waals surface area contributed by atoms with Crippen LogP contribution in [0.4, 0.5) is 0 Å². The third-order valence-corrected chi connectivity index (χ3v) is 4.65. The molecule has 1 heterocycles. The Hall–Kier alpha value is 0.360. The smallest absolute Gasteiger partial charge is 0.123 e. The van der Waals surface area contributed by atoms with E-state index in [1.165, 1.54) is 23.8 Å². The predicted octanol–water partition coefficient (Wildman–Crippen LogP) is 2.85. The summed E-state index contributed by atoms with van der Waals surface area (Å²) >= 11 is 2.86. The molecule has 0 saturated carbocycles. The molecule has 0 spiro atoms. The van der Waals surface area contributed by atoms with Crippen LogP contribution < -0.4 is 0 Å². The molecule has 0 radical (unpaired) electrons. The topological polar surface area (TPSA) is 29.5 Å². The first-order valence-corrected chi connectivity index (χ1v) is 6.18. The summed E-state index contributed by atoms with van der Waals surface area (Å²) in [7, 11) is 0. The Balaban J connectivity index is 2.35. The summed E-state index contributed by atoms with van der Waals surface area (Å²) in [6, 6.07) is 0. The molecule has 0 aromatic heterocycles. The van der Waals surface area contributed by atoms with Gasteiger partial charge in [-0.05, 0) is 24.2 Å². The SMILES string of the molecule is C/C=C/SO[C@H]1S[C@@H](O)C(C)C1C. The number of thioether (sulfide) groups is 1. The summed E-state index contributed by atoms with van der Waals surface area (Å²) in [6.45, 7) is 6.14. The maximum atomic E-state index is 9.55. The quantitative estimate of drug-likeness (QED) is 0.741. The molecule has 1 fully saturated rings. The van der Waals surface area contributed by atoms with Crippen LogP contribution in [0.25, 0.3) is 0 Å². The fourth-order valence-corrected chi connectivity index (χ4v) is 3.19. The molecule has 76 valence electrons. The molecule has 0 amide bonds. The van der Waals surface area contributed by atoms with Crippen LogP contribution in [0.15, 0.2) is 11.5 Å². The molecule has 4 heteroatoms. The molecular weight excluding hydrogens is 204 g/mol. The van der Waals surface area contributed by atoms with Gasteiger partial charge in [-0.25, -0.2) is 0 Å². The zero-order chi connectivity index (χ0) is 9.84. The van der Waals surface area contributed by atoms with E-state index in [4.69, 9.17) is 4.18 Å². The van der Waals surface area contributed by atoms with Crippen molar-refractivity contribution in [1.82, 2.24) is 0 Å². The van der Waals surface area contributed by atoms with Crippen LogP contribution >= 0.6 is 23.8 Å². The van der Waals surface area contributed by atoms with Gasteiger partial charge in [-0.3, -0.25) is 4.18 Å². The third-order valence-electron chi connectivity index (χ3n) is 2.32. The Labute approximate surface area is 88.3 Å². The highest BCUT2D eigenvalue weighted by Crippen LogP contribution is 2.43. The summed E-state index contributed by atoms with van der Waals surface area (Å²) in [5.41, 5.74) is -0.155. The van der Waals surface area contributed by atoms with E-state index in [1.54, 1.807) is 0 Å². The first-order valence-electron chi connectivity index (χ1n) is 4.43. The van der Waals surface area contributed by atoms with E-state index in [0.29, 0.717) is 11.8 Å². The second-order valence-electron chi connectivity index (χ2n) is 3.28. The lowest BCUT2D eigenvalue weighted by Gasteiger charge is -2.14. The Bertz CT molecular complexity index is 184. The van der Waals surface area contributed by atoms with Gasteiger partial charge < -0.3 is 5.11 Å². The largest absolute Gasteiger partial charge is 0.382 e. The lowest BCUT2D eigenvalue weighted by molar-refractivity contribution is 0.155. The van der Waals surface area contributed by atoms with Gasteiger partial charge in [0.2, 0.25) is 0 Å². The second-order valence-corrected chi connectivity index (χ2v) is 5.15. The molecule has 1 rings (SSSR count). The highest BCUT2D eigenvalue weighted by molar-refractivity contribution is 8.02. The first-order chi connectivity index (χ1) is 6.16. The number of aliphatic hydroxyl groups excluding tert-OH is 1. The summed E-state index contributed by atoms with van der Waals surface area (Å²) in [4.78, 5) is 0. The number of rotatable bonds is 3. The van der Waals surface area contributed by atoms with Crippen LogP contribution in [0.5, 0.6) is 0 Å². The van der Waals surface area contributed by atoms with Crippen LogP contribution in [-0.2, 0) is 4.18 Å². The summed E-state index contributed by atoms with van der Waals surface area (Å²) in [5, 5.41) is 11.5. The molecule has 2 nitrogen and oxygen atoms in total. The highest BCUT2D eigenvalue weighted by atomic mass is 32.2. The van der Waals surface area contributed by atoms with Gasteiger partial charge in [-0.2, -0.15) is 0 Å². The van der Waals surface area contributed by atoms with Crippen LogP contribution in [0.1, 0.15) is 20.8 Å². The van der Waals surface area contributed by atoms with E-state index in [2.05, 4.69) is 13.8 Å². The summed E-state index contributed by atoms with van der Waals surface area (Å²) in [6.07, 6.45) is 1.94. The highest BCUT2D eigenvalue weighted by Gasteiger charge is 2.38. The molecule has 4 atom stereocenters. The van der Waals surface area contributed by atoms with Gasteiger partial charge in [0.15, 0.2) is 0 Å². The minimum atomic E-state index is -0.272. The molecule has 1 aliphatic heterocycles. The zero-order valence-corrected chi connectivity index (χ0v) is 9.77. The van der Waals surface area contributed by atoms with Crippen molar-refractivity contribution in [3.63, 3.8) is 0 Å². The van der Waals surface area contributed by atoms with Crippen molar-refractivity contribution in [3.05, 3.63) is 11.5 Å². The van der Waals surface area contributed by atoms with E-state index >= 15 is 0 Å². The monoisotopic (exact) mass is 220 g/mol. The fourth-order valence-electron chi connectivity index (χ4n) is 1.15. The Kier molecular flexibility index (Phi) is 4.66. The maximum Gasteiger partial charge on any atom is 0.123 e.